The van der Waals surface area contributed by atoms with Gasteiger partial charge in [0.15, 0.2) is 0 Å². The van der Waals surface area contributed by atoms with Crippen molar-refractivity contribution in [2.75, 3.05) is 6.61 Å². The van der Waals surface area contributed by atoms with Gasteiger partial charge >= 0.3 is 0 Å². The van der Waals surface area contributed by atoms with Crippen LogP contribution >= 0.6 is 0 Å². The molecule has 0 aromatic carbocycles. The molecule has 0 radical (unpaired) electrons. The first-order valence-corrected chi connectivity index (χ1v) is 6.59. The van der Waals surface area contributed by atoms with Gasteiger partial charge in [0.1, 0.15) is 0 Å². The third-order valence-corrected chi connectivity index (χ3v) is 4.02. The van der Waals surface area contributed by atoms with E-state index in [1.807, 2.05) is 6.92 Å². The van der Waals surface area contributed by atoms with Crippen LogP contribution in [0.5, 0.6) is 0 Å². The number of aliphatic hydroxyl groups excluding tert-OH is 1. The van der Waals surface area contributed by atoms with E-state index in [0.29, 0.717) is 12.8 Å². The molecule has 2 fully saturated rings. The summed E-state index contributed by atoms with van der Waals surface area (Å²) in [6.45, 7) is 2.02. The number of rotatable bonds is 2. The second kappa shape index (κ2) is 5.17. The lowest BCUT2D eigenvalue weighted by molar-refractivity contribution is -0.155. The van der Waals surface area contributed by atoms with Crippen LogP contribution in [-0.4, -0.2) is 34.5 Å². The van der Waals surface area contributed by atoms with Gasteiger partial charge in [-0.3, -0.25) is 14.5 Å². The first-order valence-electron chi connectivity index (χ1n) is 6.59. The molecule has 1 saturated heterocycles. The summed E-state index contributed by atoms with van der Waals surface area (Å²) in [4.78, 5) is 25.5. The number of hydrogen-bond acceptors (Lipinski definition) is 3. The summed E-state index contributed by atoms with van der Waals surface area (Å²) in [5, 5.41) is 9.37. The number of hydrogen-bond donors (Lipinski definition) is 1. The molecular weight excluding hydrogens is 218 g/mol. The molecule has 2 unspecified atom stereocenters. The van der Waals surface area contributed by atoms with Crippen LogP contribution in [0.4, 0.5) is 0 Å². The van der Waals surface area contributed by atoms with Crippen molar-refractivity contribution in [3.05, 3.63) is 0 Å². The van der Waals surface area contributed by atoms with E-state index in [-0.39, 0.29) is 36.3 Å². The molecule has 0 aromatic heterocycles. The molecule has 0 bridgehead atoms. The Hall–Kier alpha value is -0.900. The minimum absolute atomic E-state index is 0.0425. The predicted octanol–water partition coefficient (Wildman–Crippen LogP) is 1.32. The standard InChI is InChI=1S/C13H21NO3/c1-9-6-12(16)14(13(17)7-9)11-5-3-2-4-10(11)8-15/h9-11,15H,2-8H2,1H3. The molecule has 17 heavy (non-hydrogen) atoms. The zero-order valence-electron chi connectivity index (χ0n) is 10.4. The number of likely N-dealkylation sites (tertiary alicyclic amines) is 1. The van der Waals surface area contributed by atoms with E-state index < -0.39 is 0 Å². The molecule has 1 N–H and O–H groups in total. The van der Waals surface area contributed by atoms with Crippen molar-refractivity contribution in [1.29, 1.82) is 0 Å². The molecule has 2 amide bonds. The highest BCUT2D eigenvalue weighted by Crippen LogP contribution is 2.32. The number of imide groups is 1. The molecule has 4 heteroatoms. The molecule has 0 spiro atoms. The van der Waals surface area contributed by atoms with Crippen LogP contribution in [0.15, 0.2) is 0 Å². The van der Waals surface area contributed by atoms with Gasteiger partial charge < -0.3 is 5.11 Å². The van der Waals surface area contributed by atoms with Crippen molar-refractivity contribution in [2.45, 2.75) is 51.5 Å². The van der Waals surface area contributed by atoms with Gasteiger partial charge in [0, 0.05) is 31.4 Å². The van der Waals surface area contributed by atoms with E-state index in [1.165, 1.54) is 4.90 Å². The smallest absolute Gasteiger partial charge is 0.229 e. The predicted molar refractivity (Wildman–Crippen MR) is 63.1 cm³/mol. The highest BCUT2D eigenvalue weighted by Gasteiger charge is 2.39. The lowest BCUT2D eigenvalue weighted by Crippen LogP contribution is -2.53. The van der Waals surface area contributed by atoms with E-state index in [9.17, 15) is 14.7 Å². The Kier molecular flexibility index (Phi) is 3.82. The number of carbonyl (C=O) groups is 2. The van der Waals surface area contributed by atoms with E-state index in [2.05, 4.69) is 0 Å². The van der Waals surface area contributed by atoms with Gasteiger partial charge in [-0.05, 0) is 18.8 Å². The molecule has 1 aliphatic heterocycles. The normalized spacial score (nSPS) is 32.0. The number of amides is 2. The van der Waals surface area contributed by atoms with Crippen LogP contribution < -0.4 is 0 Å². The van der Waals surface area contributed by atoms with E-state index in [1.54, 1.807) is 0 Å². The van der Waals surface area contributed by atoms with Crippen LogP contribution in [0.2, 0.25) is 0 Å². The first-order chi connectivity index (χ1) is 8.13. The van der Waals surface area contributed by atoms with Crippen LogP contribution in [0, 0.1) is 11.8 Å². The van der Waals surface area contributed by atoms with Crippen LogP contribution in [0.3, 0.4) is 0 Å². The lowest BCUT2D eigenvalue weighted by Gasteiger charge is -2.40. The molecule has 1 saturated carbocycles. The van der Waals surface area contributed by atoms with E-state index in [0.717, 1.165) is 25.7 Å². The van der Waals surface area contributed by atoms with E-state index in [4.69, 9.17) is 0 Å². The Morgan fingerprint density at radius 2 is 1.76 bits per heavy atom. The second-order valence-electron chi connectivity index (χ2n) is 5.47. The highest BCUT2D eigenvalue weighted by atomic mass is 16.3. The Bertz CT molecular complexity index is 298. The molecule has 96 valence electrons. The number of carbonyl (C=O) groups excluding carboxylic acids is 2. The zero-order chi connectivity index (χ0) is 12.4. The third-order valence-electron chi connectivity index (χ3n) is 4.02. The van der Waals surface area contributed by atoms with Crippen LogP contribution in [0.25, 0.3) is 0 Å². The summed E-state index contributed by atoms with van der Waals surface area (Å²) in [5.41, 5.74) is 0. The molecule has 1 heterocycles. The van der Waals surface area contributed by atoms with Crippen molar-refractivity contribution >= 4 is 11.8 Å². The average Bonchev–Trinajstić information content (AvgIpc) is 2.28. The summed E-state index contributed by atoms with van der Waals surface area (Å²) in [6.07, 6.45) is 4.87. The number of piperidine rings is 1. The summed E-state index contributed by atoms with van der Waals surface area (Å²) in [5.74, 6) is 0.172. The van der Waals surface area contributed by atoms with Crippen molar-refractivity contribution in [1.82, 2.24) is 4.90 Å². The van der Waals surface area contributed by atoms with Gasteiger partial charge in [-0.2, -0.15) is 0 Å². The third kappa shape index (κ3) is 2.51. The van der Waals surface area contributed by atoms with Crippen LogP contribution in [-0.2, 0) is 9.59 Å². The maximum Gasteiger partial charge on any atom is 0.229 e. The van der Waals surface area contributed by atoms with Gasteiger partial charge in [0.25, 0.3) is 0 Å². The summed E-state index contributed by atoms with van der Waals surface area (Å²) < 4.78 is 0. The van der Waals surface area contributed by atoms with Crippen molar-refractivity contribution < 1.29 is 14.7 Å². The van der Waals surface area contributed by atoms with Crippen molar-refractivity contribution in [2.24, 2.45) is 11.8 Å². The molecular formula is C13H21NO3. The van der Waals surface area contributed by atoms with Crippen molar-refractivity contribution in [3.8, 4) is 0 Å². The van der Waals surface area contributed by atoms with Gasteiger partial charge in [-0.25, -0.2) is 0 Å². The Morgan fingerprint density at radius 1 is 1.18 bits per heavy atom. The second-order valence-corrected chi connectivity index (χ2v) is 5.47. The number of nitrogens with zero attached hydrogens (tertiary/aromatic N) is 1. The Labute approximate surface area is 102 Å². The molecule has 2 rings (SSSR count). The van der Waals surface area contributed by atoms with Crippen molar-refractivity contribution in [3.63, 3.8) is 0 Å². The van der Waals surface area contributed by atoms with Crippen LogP contribution in [0.1, 0.15) is 45.4 Å². The minimum Gasteiger partial charge on any atom is -0.396 e. The first kappa shape index (κ1) is 12.6. The molecule has 1 aliphatic carbocycles. The molecule has 0 aromatic rings. The summed E-state index contributed by atoms with van der Waals surface area (Å²) >= 11 is 0. The number of aliphatic hydroxyl groups is 1. The average molecular weight is 239 g/mol. The minimum atomic E-state index is -0.0544. The highest BCUT2D eigenvalue weighted by molar-refractivity contribution is 5.98. The molecule has 2 atom stereocenters. The quantitative estimate of drug-likeness (QED) is 0.739. The molecule has 4 nitrogen and oxygen atoms in total. The monoisotopic (exact) mass is 239 g/mol. The Balaban J connectivity index is 2.13. The zero-order valence-corrected chi connectivity index (χ0v) is 10.4. The fourth-order valence-electron chi connectivity index (χ4n) is 3.12. The Morgan fingerprint density at radius 3 is 2.35 bits per heavy atom. The van der Waals surface area contributed by atoms with Gasteiger partial charge in [0.05, 0.1) is 0 Å². The maximum absolute atomic E-state index is 12.0. The lowest BCUT2D eigenvalue weighted by atomic mass is 9.82. The summed E-state index contributed by atoms with van der Waals surface area (Å²) in [7, 11) is 0. The SMILES string of the molecule is CC1CC(=O)N(C2CCCCC2CO)C(=O)C1. The topological polar surface area (TPSA) is 57.6 Å². The van der Waals surface area contributed by atoms with E-state index >= 15 is 0 Å². The maximum atomic E-state index is 12.0. The fourth-order valence-corrected chi connectivity index (χ4v) is 3.12. The fraction of sp³-hybridized carbons (Fsp3) is 0.846. The summed E-state index contributed by atoms with van der Waals surface area (Å²) in [6, 6.07) is -0.0544. The molecule has 2 aliphatic rings. The largest absolute Gasteiger partial charge is 0.396 e. The van der Waals surface area contributed by atoms with Gasteiger partial charge in [-0.15, -0.1) is 0 Å². The van der Waals surface area contributed by atoms with Gasteiger partial charge in [0.2, 0.25) is 11.8 Å². The van der Waals surface area contributed by atoms with Gasteiger partial charge in [-0.1, -0.05) is 19.8 Å².